The molecule has 19 heavy (non-hydrogen) atoms. The maximum atomic E-state index is 5.94. The van der Waals surface area contributed by atoms with Crippen molar-refractivity contribution in [1.82, 2.24) is 5.32 Å². The van der Waals surface area contributed by atoms with Crippen LogP contribution in [0.15, 0.2) is 12.3 Å². The topological polar surface area (TPSA) is 21.3 Å². The van der Waals surface area contributed by atoms with E-state index in [0.717, 1.165) is 38.3 Å². The summed E-state index contributed by atoms with van der Waals surface area (Å²) in [5, 5.41) is 3.42. The summed E-state index contributed by atoms with van der Waals surface area (Å²) in [6.07, 6.45) is 4.64. The van der Waals surface area contributed by atoms with Gasteiger partial charge in [-0.05, 0) is 18.3 Å². The molecule has 0 atom stereocenters. The molecular formula is C17H35NO. The van der Waals surface area contributed by atoms with Gasteiger partial charge < -0.3 is 10.1 Å². The van der Waals surface area contributed by atoms with Crippen LogP contribution >= 0.6 is 0 Å². The van der Waals surface area contributed by atoms with Crippen LogP contribution < -0.4 is 5.32 Å². The Morgan fingerprint density at radius 1 is 1.00 bits per heavy atom. The Hall–Kier alpha value is -0.500. The summed E-state index contributed by atoms with van der Waals surface area (Å²) in [6, 6.07) is 0. The molecule has 0 spiro atoms. The first-order chi connectivity index (χ1) is 8.72. The molecule has 114 valence electrons. The molecule has 0 heterocycles. The molecule has 0 amide bonds. The average Bonchev–Trinajstić information content (AvgIpc) is 2.26. The summed E-state index contributed by atoms with van der Waals surface area (Å²) in [6.45, 7) is 20.1. The summed E-state index contributed by atoms with van der Waals surface area (Å²) >= 11 is 0. The van der Waals surface area contributed by atoms with Crippen molar-refractivity contribution in [2.24, 2.45) is 10.8 Å². The quantitative estimate of drug-likeness (QED) is 0.584. The SMILES string of the molecule is C=C(CCC)NCC(C)(C)COCC(C)(C)CCC. The van der Waals surface area contributed by atoms with Crippen LogP contribution in [-0.4, -0.2) is 19.8 Å². The smallest absolute Gasteiger partial charge is 0.0534 e. The predicted octanol–water partition coefficient (Wildman–Crippen LogP) is 4.76. The Kier molecular flexibility index (Phi) is 8.40. The first-order valence-electron chi connectivity index (χ1n) is 7.72. The second-order valence-electron chi connectivity index (χ2n) is 7.28. The Balaban J connectivity index is 3.93. The summed E-state index contributed by atoms with van der Waals surface area (Å²) in [7, 11) is 0. The highest BCUT2D eigenvalue weighted by Crippen LogP contribution is 2.24. The Bertz CT molecular complexity index is 256. The summed E-state index contributed by atoms with van der Waals surface area (Å²) in [5.74, 6) is 0. The third kappa shape index (κ3) is 10.0. The van der Waals surface area contributed by atoms with Crippen LogP contribution in [0.1, 0.15) is 67.2 Å². The first-order valence-corrected chi connectivity index (χ1v) is 7.72. The standard InChI is InChI=1S/C17H35NO/c1-8-10-15(3)18-12-17(6,7)14-19-13-16(4,5)11-9-2/h18H,3,8-14H2,1-2,4-7H3. The fourth-order valence-electron chi connectivity index (χ4n) is 2.16. The maximum absolute atomic E-state index is 5.94. The van der Waals surface area contributed by atoms with Gasteiger partial charge in [0, 0.05) is 17.7 Å². The van der Waals surface area contributed by atoms with Crippen molar-refractivity contribution in [3.05, 3.63) is 12.3 Å². The molecule has 2 heteroatoms. The fraction of sp³-hybridized carbons (Fsp3) is 0.882. The van der Waals surface area contributed by atoms with Crippen molar-refractivity contribution in [3.63, 3.8) is 0 Å². The van der Waals surface area contributed by atoms with E-state index in [4.69, 9.17) is 4.74 Å². The Labute approximate surface area is 121 Å². The fourth-order valence-corrected chi connectivity index (χ4v) is 2.16. The van der Waals surface area contributed by atoms with Gasteiger partial charge in [-0.1, -0.05) is 61.0 Å². The van der Waals surface area contributed by atoms with E-state index in [0.29, 0.717) is 5.41 Å². The molecular weight excluding hydrogens is 234 g/mol. The van der Waals surface area contributed by atoms with Gasteiger partial charge in [0.2, 0.25) is 0 Å². The van der Waals surface area contributed by atoms with E-state index >= 15 is 0 Å². The molecule has 1 N–H and O–H groups in total. The maximum Gasteiger partial charge on any atom is 0.0534 e. The van der Waals surface area contributed by atoms with Gasteiger partial charge in [-0.2, -0.15) is 0 Å². The third-order valence-electron chi connectivity index (χ3n) is 3.28. The molecule has 0 aromatic rings. The average molecular weight is 269 g/mol. The van der Waals surface area contributed by atoms with Gasteiger partial charge in [0.15, 0.2) is 0 Å². The van der Waals surface area contributed by atoms with Crippen molar-refractivity contribution in [1.29, 1.82) is 0 Å². The molecule has 0 bridgehead atoms. The van der Waals surface area contributed by atoms with Crippen LogP contribution in [0.3, 0.4) is 0 Å². The van der Waals surface area contributed by atoms with Gasteiger partial charge in [0.05, 0.1) is 13.2 Å². The zero-order valence-corrected chi connectivity index (χ0v) is 14.1. The van der Waals surface area contributed by atoms with E-state index in [1.54, 1.807) is 0 Å². The van der Waals surface area contributed by atoms with E-state index in [9.17, 15) is 0 Å². The minimum absolute atomic E-state index is 0.152. The molecule has 0 rings (SSSR count). The molecule has 0 aromatic heterocycles. The van der Waals surface area contributed by atoms with Gasteiger partial charge in [-0.25, -0.2) is 0 Å². The number of rotatable bonds is 11. The van der Waals surface area contributed by atoms with Gasteiger partial charge in [-0.3, -0.25) is 0 Å². The summed E-state index contributed by atoms with van der Waals surface area (Å²) in [5.41, 5.74) is 1.59. The molecule has 0 unspecified atom stereocenters. The highest BCUT2D eigenvalue weighted by atomic mass is 16.5. The largest absolute Gasteiger partial charge is 0.388 e. The minimum Gasteiger partial charge on any atom is -0.388 e. The minimum atomic E-state index is 0.152. The highest BCUT2D eigenvalue weighted by molar-refractivity contribution is 4.92. The normalized spacial score (nSPS) is 12.5. The lowest BCUT2D eigenvalue weighted by Gasteiger charge is -2.29. The van der Waals surface area contributed by atoms with Crippen molar-refractivity contribution < 1.29 is 4.74 Å². The van der Waals surface area contributed by atoms with Crippen LogP contribution in [0.5, 0.6) is 0 Å². The van der Waals surface area contributed by atoms with Gasteiger partial charge in [0.1, 0.15) is 0 Å². The lowest BCUT2D eigenvalue weighted by atomic mass is 9.89. The molecule has 0 aliphatic carbocycles. The van der Waals surface area contributed by atoms with E-state index in [-0.39, 0.29) is 5.41 Å². The van der Waals surface area contributed by atoms with Crippen molar-refractivity contribution in [3.8, 4) is 0 Å². The number of allylic oxidation sites excluding steroid dienone is 1. The molecule has 0 saturated carbocycles. The Morgan fingerprint density at radius 2 is 1.58 bits per heavy atom. The molecule has 0 aromatic carbocycles. The first kappa shape index (κ1) is 18.5. The van der Waals surface area contributed by atoms with Crippen molar-refractivity contribution >= 4 is 0 Å². The number of hydrogen-bond donors (Lipinski definition) is 1. The van der Waals surface area contributed by atoms with Crippen LogP contribution in [-0.2, 0) is 4.74 Å². The van der Waals surface area contributed by atoms with Gasteiger partial charge >= 0.3 is 0 Å². The number of hydrogen-bond acceptors (Lipinski definition) is 2. The van der Waals surface area contributed by atoms with Gasteiger partial charge in [-0.15, -0.1) is 0 Å². The van der Waals surface area contributed by atoms with Crippen LogP contribution in [0, 0.1) is 10.8 Å². The number of nitrogens with one attached hydrogen (secondary N) is 1. The van der Waals surface area contributed by atoms with E-state index in [2.05, 4.69) is 53.4 Å². The lowest BCUT2D eigenvalue weighted by Crippen LogP contribution is -2.34. The van der Waals surface area contributed by atoms with Gasteiger partial charge in [0.25, 0.3) is 0 Å². The third-order valence-corrected chi connectivity index (χ3v) is 3.28. The highest BCUT2D eigenvalue weighted by Gasteiger charge is 2.22. The van der Waals surface area contributed by atoms with Crippen molar-refractivity contribution in [2.75, 3.05) is 19.8 Å². The Morgan fingerprint density at radius 3 is 2.11 bits per heavy atom. The number of ether oxygens (including phenoxy) is 1. The molecule has 0 radical (unpaired) electrons. The second kappa shape index (κ2) is 8.63. The molecule has 0 fully saturated rings. The van der Waals surface area contributed by atoms with E-state index in [1.807, 2.05) is 0 Å². The van der Waals surface area contributed by atoms with Crippen LogP contribution in [0.2, 0.25) is 0 Å². The molecule has 2 nitrogen and oxygen atoms in total. The monoisotopic (exact) mass is 269 g/mol. The van der Waals surface area contributed by atoms with Crippen LogP contribution in [0.4, 0.5) is 0 Å². The summed E-state index contributed by atoms with van der Waals surface area (Å²) < 4.78 is 5.94. The lowest BCUT2D eigenvalue weighted by molar-refractivity contribution is 0.0130. The second-order valence-corrected chi connectivity index (χ2v) is 7.28. The molecule has 0 aliphatic heterocycles. The van der Waals surface area contributed by atoms with E-state index in [1.165, 1.54) is 12.8 Å². The predicted molar refractivity (Wildman–Crippen MR) is 85.3 cm³/mol. The van der Waals surface area contributed by atoms with E-state index < -0.39 is 0 Å². The molecule has 0 saturated heterocycles. The van der Waals surface area contributed by atoms with Crippen LogP contribution in [0.25, 0.3) is 0 Å². The van der Waals surface area contributed by atoms with Crippen molar-refractivity contribution in [2.45, 2.75) is 67.2 Å². The zero-order chi connectivity index (χ0) is 14.9. The summed E-state index contributed by atoms with van der Waals surface area (Å²) in [4.78, 5) is 0. The molecule has 0 aliphatic rings. The zero-order valence-electron chi connectivity index (χ0n) is 14.1.